The molecule has 0 aromatic heterocycles. The summed E-state index contributed by atoms with van der Waals surface area (Å²) in [7, 11) is 0. The van der Waals surface area contributed by atoms with Crippen molar-refractivity contribution < 1.29 is 19.4 Å². The number of rotatable bonds is 14. The van der Waals surface area contributed by atoms with Gasteiger partial charge in [-0.3, -0.25) is 10.2 Å². The summed E-state index contributed by atoms with van der Waals surface area (Å²) >= 11 is 0. The second-order valence-electron chi connectivity index (χ2n) is 12.6. The molecule has 0 unspecified atom stereocenters. The van der Waals surface area contributed by atoms with Crippen LogP contribution in [0.15, 0.2) is 137 Å². The summed E-state index contributed by atoms with van der Waals surface area (Å²) in [5.41, 5.74) is 30.3. The van der Waals surface area contributed by atoms with Crippen molar-refractivity contribution >= 4 is 17.5 Å². The molecule has 0 bridgehead atoms. The number of nitrogens with zero attached hydrogens (tertiary/aromatic N) is 7. The molecule has 2 atom stereocenters. The summed E-state index contributed by atoms with van der Waals surface area (Å²) in [5, 5.41) is 16.9. The third kappa shape index (κ3) is 7.01. The van der Waals surface area contributed by atoms with Gasteiger partial charge < -0.3 is 14.6 Å². The number of aliphatic hydroxyl groups excluding tert-OH is 1. The van der Waals surface area contributed by atoms with Gasteiger partial charge in [0.25, 0.3) is 5.91 Å². The lowest BCUT2D eigenvalue weighted by atomic mass is 9.80. The first-order chi connectivity index (χ1) is 26.1. The highest BCUT2D eigenvalue weighted by Gasteiger charge is 2.54. The predicted molar refractivity (Wildman–Crippen MR) is 200 cm³/mol. The number of amides is 1. The molecule has 1 amide bonds. The maximum Gasteiger partial charge on any atom is 0.266 e. The highest BCUT2D eigenvalue weighted by atomic mass is 16.5. The van der Waals surface area contributed by atoms with E-state index in [2.05, 4.69) is 43.0 Å². The van der Waals surface area contributed by atoms with Gasteiger partial charge in [-0.05, 0) is 68.7 Å². The second-order valence-corrected chi connectivity index (χ2v) is 12.6. The number of fused-ring (bicyclic) bond motifs is 3. The predicted octanol–water partition coefficient (Wildman–Crippen LogP) is 8.09. The largest absolute Gasteiger partial charge is 0.494 e. The Morgan fingerprint density at radius 2 is 1.47 bits per heavy atom. The van der Waals surface area contributed by atoms with Gasteiger partial charge in [-0.2, -0.15) is 0 Å². The zero-order valence-corrected chi connectivity index (χ0v) is 28.5. The lowest BCUT2D eigenvalue weighted by molar-refractivity contribution is -0.130. The normalized spacial score (nSPS) is 17.0. The molecular formula is C40H35N9O4. The molecule has 13 heteroatoms. The number of hydrazine groups is 1. The zero-order valence-electron chi connectivity index (χ0n) is 28.5. The van der Waals surface area contributed by atoms with Crippen LogP contribution in [0.25, 0.3) is 32.0 Å². The molecule has 0 fully saturated rings. The molecule has 5 aromatic rings. The quantitative estimate of drug-likeness (QED) is 0.0345. The Morgan fingerprint density at radius 3 is 2.15 bits per heavy atom. The smallest absolute Gasteiger partial charge is 0.266 e. The summed E-state index contributed by atoms with van der Waals surface area (Å²) in [6.45, 7) is 0.437. The Labute approximate surface area is 305 Å². The van der Waals surface area contributed by atoms with Crippen LogP contribution < -0.4 is 15.6 Å². The van der Waals surface area contributed by atoms with Crippen molar-refractivity contribution in [3.63, 3.8) is 0 Å². The standard InChI is InChI=1S/C40H35N9O4/c41-48-43-25-28-11-2-1-10-27(28)24-40(39(51)47-46-36-32-14-5-3-12-30(32)31-13-4-6-15-33(31)36)37(34-16-7-8-17-35(34)45-49-42)53-38(44-40)26-18-20-29(21-19-26)52-23-9-22-50/h1-8,10-21,36-37,46,50H,9,22-25H2,(H,47,51)/t37-,40-/m0/s1. The van der Waals surface area contributed by atoms with Crippen LogP contribution in [-0.2, 0) is 22.5 Å². The summed E-state index contributed by atoms with van der Waals surface area (Å²) in [6.07, 6.45) is -0.525. The van der Waals surface area contributed by atoms with E-state index < -0.39 is 17.6 Å². The molecule has 2 aliphatic rings. The van der Waals surface area contributed by atoms with Crippen LogP contribution in [0.4, 0.5) is 5.69 Å². The molecule has 53 heavy (non-hydrogen) atoms. The van der Waals surface area contributed by atoms with Crippen molar-refractivity contribution in [1.82, 2.24) is 10.9 Å². The van der Waals surface area contributed by atoms with Gasteiger partial charge in [0.05, 0.1) is 19.2 Å². The molecular weight excluding hydrogens is 670 g/mol. The van der Waals surface area contributed by atoms with Crippen LogP contribution in [0.1, 0.15) is 51.9 Å². The minimum atomic E-state index is -1.66. The van der Waals surface area contributed by atoms with E-state index in [-0.39, 0.29) is 37.2 Å². The van der Waals surface area contributed by atoms with Gasteiger partial charge in [-0.25, -0.2) is 10.4 Å². The molecule has 3 N–H and O–H groups in total. The van der Waals surface area contributed by atoms with Crippen LogP contribution in [0, 0.1) is 0 Å². The van der Waals surface area contributed by atoms with E-state index in [1.54, 1.807) is 48.5 Å². The monoisotopic (exact) mass is 705 g/mol. The summed E-state index contributed by atoms with van der Waals surface area (Å²) in [6, 6.07) is 37.2. The van der Waals surface area contributed by atoms with Crippen molar-refractivity contribution in [1.29, 1.82) is 0 Å². The van der Waals surface area contributed by atoms with Crippen molar-refractivity contribution in [3.8, 4) is 16.9 Å². The molecule has 13 nitrogen and oxygen atoms in total. The number of hydrogen-bond acceptors (Lipinski definition) is 8. The highest BCUT2D eigenvalue weighted by Crippen LogP contribution is 2.46. The Morgan fingerprint density at radius 1 is 0.830 bits per heavy atom. The zero-order chi connectivity index (χ0) is 36.6. The average Bonchev–Trinajstić information content (AvgIpc) is 3.74. The number of hydrogen-bond donors (Lipinski definition) is 3. The fraction of sp³-hybridized carbons (Fsp3) is 0.200. The maximum atomic E-state index is 15.1. The van der Waals surface area contributed by atoms with Crippen LogP contribution in [0.2, 0.25) is 0 Å². The number of ether oxygens (including phenoxy) is 2. The van der Waals surface area contributed by atoms with Crippen LogP contribution in [-0.4, -0.2) is 35.7 Å². The van der Waals surface area contributed by atoms with Crippen LogP contribution in [0.3, 0.4) is 0 Å². The van der Waals surface area contributed by atoms with Gasteiger partial charge in [0.15, 0.2) is 11.6 Å². The molecule has 0 radical (unpaired) electrons. The van der Waals surface area contributed by atoms with E-state index >= 15 is 4.79 Å². The summed E-state index contributed by atoms with van der Waals surface area (Å²) in [5.74, 6) is 0.313. The van der Waals surface area contributed by atoms with Gasteiger partial charge in [0, 0.05) is 46.1 Å². The van der Waals surface area contributed by atoms with Gasteiger partial charge in [-0.15, -0.1) is 0 Å². The average molecular weight is 706 g/mol. The van der Waals surface area contributed by atoms with Gasteiger partial charge >= 0.3 is 0 Å². The van der Waals surface area contributed by atoms with Crippen molar-refractivity contribution in [2.45, 2.75) is 37.1 Å². The fourth-order valence-electron chi connectivity index (χ4n) is 6.95. The third-order valence-electron chi connectivity index (χ3n) is 9.45. The fourth-order valence-corrected chi connectivity index (χ4v) is 6.95. The minimum absolute atomic E-state index is 0.0200. The number of nitrogens with one attached hydrogen (secondary N) is 2. The number of carbonyl (C=O) groups is 1. The second kappa shape index (κ2) is 15.7. The Hall–Kier alpha value is -6.62. The van der Waals surface area contributed by atoms with Gasteiger partial charge in [-0.1, -0.05) is 107 Å². The number of benzene rings is 5. The maximum absolute atomic E-state index is 15.1. The van der Waals surface area contributed by atoms with E-state index in [9.17, 15) is 5.53 Å². The lowest BCUT2D eigenvalue weighted by Crippen LogP contribution is -2.54. The van der Waals surface area contributed by atoms with Gasteiger partial charge in [0.2, 0.25) is 5.90 Å². The van der Waals surface area contributed by atoms with E-state index in [4.69, 9.17) is 25.1 Å². The number of aliphatic hydroxyl groups is 1. The molecule has 5 aromatic carbocycles. The van der Waals surface area contributed by atoms with Gasteiger partial charge in [0.1, 0.15) is 5.75 Å². The van der Waals surface area contributed by atoms with E-state index in [0.29, 0.717) is 29.9 Å². The molecule has 0 spiro atoms. The third-order valence-corrected chi connectivity index (χ3v) is 9.45. The lowest BCUT2D eigenvalue weighted by Gasteiger charge is -2.32. The number of carbonyl (C=O) groups excluding carboxylic acids is 1. The molecule has 1 aliphatic heterocycles. The Balaban J connectivity index is 1.34. The van der Waals surface area contributed by atoms with Crippen molar-refractivity contribution in [2.24, 2.45) is 15.2 Å². The Bertz CT molecular complexity index is 2220. The van der Waals surface area contributed by atoms with Crippen LogP contribution in [0.5, 0.6) is 5.75 Å². The highest BCUT2D eigenvalue weighted by molar-refractivity contribution is 6.01. The SMILES string of the molecule is [N-]=[N+]=NCc1ccccc1C[C@]1(C(=O)NNC2c3ccccc3-c3ccccc32)N=C(c2ccc(OCCCO)cc2)O[C@H]1c1ccccc1N=[N+]=[N-]. The Kier molecular flexibility index (Phi) is 10.3. The topological polar surface area (TPSA) is 190 Å². The molecule has 0 saturated heterocycles. The molecule has 264 valence electrons. The molecule has 1 aliphatic carbocycles. The minimum Gasteiger partial charge on any atom is -0.494 e. The van der Waals surface area contributed by atoms with Crippen molar-refractivity contribution in [2.75, 3.05) is 13.2 Å². The van der Waals surface area contributed by atoms with Crippen molar-refractivity contribution in [3.05, 3.63) is 176 Å². The van der Waals surface area contributed by atoms with E-state index in [1.165, 1.54) is 0 Å². The first kappa shape index (κ1) is 34.8. The first-order valence-electron chi connectivity index (χ1n) is 17.1. The summed E-state index contributed by atoms with van der Waals surface area (Å²) in [4.78, 5) is 26.3. The van der Waals surface area contributed by atoms with E-state index in [1.807, 2.05) is 60.7 Å². The summed E-state index contributed by atoms with van der Waals surface area (Å²) < 4.78 is 12.4. The molecule has 0 saturated carbocycles. The first-order valence-corrected chi connectivity index (χ1v) is 17.1. The van der Waals surface area contributed by atoms with Crippen LogP contribution >= 0.6 is 0 Å². The van der Waals surface area contributed by atoms with E-state index in [0.717, 1.165) is 33.4 Å². The molecule has 1 heterocycles. The number of aliphatic imine (C=N–C) groups is 1. The molecule has 7 rings (SSSR count). The number of azide groups is 2.